The van der Waals surface area contributed by atoms with Crippen LogP contribution in [0.2, 0.25) is 0 Å². The van der Waals surface area contributed by atoms with Gasteiger partial charge in [-0.1, -0.05) is 18.2 Å². The van der Waals surface area contributed by atoms with Crippen LogP contribution in [0.1, 0.15) is 32.3 Å². The van der Waals surface area contributed by atoms with Crippen LogP contribution in [0, 0.1) is 5.41 Å². The van der Waals surface area contributed by atoms with Crippen LogP contribution in [0.15, 0.2) is 24.3 Å². The highest BCUT2D eigenvalue weighted by Crippen LogP contribution is 2.47. The number of para-hydroxylation sites is 1. The lowest BCUT2D eigenvalue weighted by Crippen LogP contribution is -2.48. The molecule has 0 saturated carbocycles. The maximum atomic E-state index is 12.7. The van der Waals surface area contributed by atoms with Crippen molar-refractivity contribution in [1.82, 2.24) is 5.32 Å². The van der Waals surface area contributed by atoms with Gasteiger partial charge in [0.05, 0.1) is 0 Å². The fraction of sp³-hybridized carbons (Fsp3) is 0.562. The van der Waals surface area contributed by atoms with Gasteiger partial charge in [-0.05, 0) is 32.4 Å². The average Bonchev–Trinajstić information content (AvgIpc) is 2.82. The van der Waals surface area contributed by atoms with Gasteiger partial charge < -0.3 is 14.8 Å². The van der Waals surface area contributed by atoms with Crippen molar-refractivity contribution in [1.29, 1.82) is 0 Å². The Hall–Kier alpha value is -1.55. The van der Waals surface area contributed by atoms with Crippen molar-refractivity contribution in [3.05, 3.63) is 29.8 Å². The molecule has 20 heavy (non-hydrogen) atoms. The lowest BCUT2D eigenvalue weighted by Gasteiger charge is -2.39. The van der Waals surface area contributed by atoms with Crippen LogP contribution in [0.5, 0.6) is 5.75 Å². The van der Waals surface area contributed by atoms with Gasteiger partial charge in [-0.3, -0.25) is 4.79 Å². The normalized spacial score (nSPS) is 28.2. The Morgan fingerprint density at radius 3 is 2.90 bits per heavy atom. The van der Waals surface area contributed by atoms with Crippen molar-refractivity contribution in [3.63, 3.8) is 0 Å². The van der Waals surface area contributed by atoms with Crippen LogP contribution < -0.4 is 10.1 Å². The molecule has 2 atom stereocenters. The molecule has 0 spiro atoms. The van der Waals surface area contributed by atoms with Gasteiger partial charge in [0.25, 0.3) is 0 Å². The van der Waals surface area contributed by atoms with E-state index in [1.165, 1.54) is 0 Å². The summed E-state index contributed by atoms with van der Waals surface area (Å²) in [5.74, 6) is 0.859. The molecule has 2 heterocycles. The van der Waals surface area contributed by atoms with Crippen molar-refractivity contribution in [2.45, 2.75) is 32.3 Å². The fourth-order valence-corrected chi connectivity index (χ4v) is 3.08. The lowest BCUT2D eigenvalue weighted by atomic mass is 9.73. The molecule has 1 fully saturated rings. The third-order valence-electron chi connectivity index (χ3n) is 4.04. The summed E-state index contributed by atoms with van der Waals surface area (Å²) in [4.78, 5) is 12.7. The quantitative estimate of drug-likeness (QED) is 0.797. The molecule has 1 aromatic rings. The molecule has 0 unspecified atom stereocenters. The first-order chi connectivity index (χ1) is 9.42. The Labute approximate surface area is 119 Å². The largest absolute Gasteiger partial charge is 0.492 e. The average molecular weight is 275 g/mol. The molecule has 108 valence electrons. The minimum Gasteiger partial charge on any atom is -0.492 e. The Morgan fingerprint density at radius 1 is 1.40 bits per heavy atom. The third-order valence-corrected chi connectivity index (χ3v) is 4.04. The van der Waals surface area contributed by atoms with Gasteiger partial charge >= 0.3 is 5.97 Å². The van der Waals surface area contributed by atoms with E-state index in [-0.39, 0.29) is 11.9 Å². The van der Waals surface area contributed by atoms with Crippen LogP contribution in [-0.4, -0.2) is 31.3 Å². The summed E-state index contributed by atoms with van der Waals surface area (Å²) in [7, 11) is 0. The first-order valence-electron chi connectivity index (χ1n) is 7.08. The monoisotopic (exact) mass is 275 g/mol. The van der Waals surface area contributed by atoms with Gasteiger partial charge in [-0.25, -0.2) is 0 Å². The number of hydrogen-bond donors (Lipinski definition) is 1. The molecule has 2 aliphatic heterocycles. The molecule has 0 amide bonds. The molecule has 0 bridgehead atoms. The SMILES string of the molecule is CC(C)(C)OC(=O)[C@@]12CNC[C@@H]1c1ccccc1OC2. The smallest absolute Gasteiger partial charge is 0.318 e. The number of fused-ring (bicyclic) bond motifs is 3. The molecule has 0 aromatic heterocycles. The van der Waals surface area contributed by atoms with Gasteiger partial charge in [-0.2, -0.15) is 0 Å². The van der Waals surface area contributed by atoms with E-state index in [2.05, 4.69) is 5.32 Å². The van der Waals surface area contributed by atoms with Crippen LogP contribution in [0.4, 0.5) is 0 Å². The summed E-state index contributed by atoms with van der Waals surface area (Å²) in [6, 6.07) is 7.96. The fourth-order valence-electron chi connectivity index (χ4n) is 3.08. The zero-order chi connectivity index (χ0) is 14.4. The molecular weight excluding hydrogens is 254 g/mol. The maximum absolute atomic E-state index is 12.7. The molecule has 0 radical (unpaired) electrons. The van der Waals surface area contributed by atoms with E-state index in [0.717, 1.165) is 17.9 Å². The predicted molar refractivity (Wildman–Crippen MR) is 75.8 cm³/mol. The number of hydrogen-bond acceptors (Lipinski definition) is 4. The molecule has 1 saturated heterocycles. The van der Waals surface area contributed by atoms with Crippen molar-refractivity contribution in [2.24, 2.45) is 5.41 Å². The first-order valence-corrected chi connectivity index (χ1v) is 7.08. The van der Waals surface area contributed by atoms with Crippen molar-refractivity contribution in [3.8, 4) is 5.75 Å². The molecular formula is C16H21NO3. The van der Waals surface area contributed by atoms with Crippen molar-refractivity contribution in [2.75, 3.05) is 19.7 Å². The van der Waals surface area contributed by atoms with E-state index in [1.807, 2.05) is 45.0 Å². The summed E-state index contributed by atoms with van der Waals surface area (Å²) < 4.78 is 11.5. The van der Waals surface area contributed by atoms with Gasteiger partial charge in [0.1, 0.15) is 23.4 Å². The first kappa shape index (κ1) is 13.4. The van der Waals surface area contributed by atoms with Crippen molar-refractivity contribution >= 4 is 5.97 Å². The second kappa shape index (κ2) is 4.48. The summed E-state index contributed by atoms with van der Waals surface area (Å²) in [6.45, 7) is 7.49. The Kier molecular flexibility index (Phi) is 3.01. The van der Waals surface area contributed by atoms with Crippen molar-refractivity contribution < 1.29 is 14.3 Å². The highest BCUT2D eigenvalue weighted by Gasteiger charge is 2.55. The van der Waals surface area contributed by atoms with Crippen LogP contribution in [0.25, 0.3) is 0 Å². The molecule has 2 aliphatic rings. The number of esters is 1. The van der Waals surface area contributed by atoms with E-state index in [1.54, 1.807) is 0 Å². The molecule has 1 N–H and O–H groups in total. The highest BCUT2D eigenvalue weighted by molar-refractivity contribution is 5.80. The van der Waals surface area contributed by atoms with Gasteiger partial charge in [0.15, 0.2) is 0 Å². The van der Waals surface area contributed by atoms with E-state index >= 15 is 0 Å². The topological polar surface area (TPSA) is 47.6 Å². The summed E-state index contributed by atoms with van der Waals surface area (Å²) >= 11 is 0. The summed E-state index contributed by atoms with van der Waals surface area (Å²) in [5, 5.41) is 3.33. The summed E-state index contributed by atoms with van der Waals surface area (Å²) in [6.07, 6.45) is 0. The van der Waals surface area contributed by atoms with Crippen LogP contribution >= 0.6 is 0 Å². The van der Waals surface area contributed by atoms with Crippen LogP contribution in [0.3, 0.4) is 0 Å². The standard InChI is InChI=1S/C16H21NO3/c1-15(2,3)20-14(18)16-9-17-8-12(16)11-6-4-5-7-13(11)19-10-16/h4-7,12,17H,8-10H2,1-3H3/t12-,16-/m1/s1. The minimum absolute atomic E-state index is 0.127. The molecule has 1 aromatic carbocycles. The zero-order valence-corrected chi connectivity index (χ0v) is 12.2. The third kappa shape index (κ3) is 2.08. The number of benzene rings is 1. The van der Waals surface area contributed by atoms with Gasteiger partial charge in [0, 0.05) is 19.0 Å². The van der Waals surface area contributed by atoms with E-state index in [9.17, 15) is 4.79 Å². The molecule has 3 rings (SSSR count). The molecule has 4 nitrogen and oxygen atoms in total. The zero-order valence-electron chi connectivity index (χ0n) is 12.2. The van der Waals surface area contributed by atoms with E-state index in [0.29, 0.717) is 13.2 Å². The molecule has 4 heteroatoms. The predicted octanol–water partition coefficient (Wildman–Crippen LogP) is 2.09. The van der Waals surface area contributed by atoms with E-state index in [4.69, 9.17) is 9.47 Å². The lowest BCUT2D eigenvalue weighted by molar-refractivity contribution is -0.170. The van der Waals surface area contributed by atoms with Crippen LogP contribution in [-0.2, 0) is 9.53 Å². The second-order valence-electron chi connectivity index (χ2n) is 6.67. The highest BCUT2D eigenvalue weighted by atomic mass is 16.6. The number of rotatable bonds is 1. The Bertz CT molecular complexity index is 535. The van der Waals surface area contributed by atoms with E-state index < -0.39 is 11.0 Å². The van der Waals surface area contributed by atoms with Gasteiger partial charge in [0.2, 0.25) is 0 Å². The number of nitrogens with one attached hydrogen (secondary N) is 1. The summed E-state index contributed by atoms with van der Waals surface area (Å²) in [5.41, 5.74) is 0.0343. The maximum Gasteiger partial charge on any atom is 0.318 e. The number of carbonyl (C=O) groups is 1. The Balaban J connectivity index is 1.96. The molecule has 0 aliphatic carbocycles. The Morgan fingerprint density at radius 2 is 2.15 bits per heavy atom. The second-order valence-corrected chi connectivity index (χ2v) is 6.67. The number of ether oxygens (including phenoxy) is 2. The van der Waals surface area contributed by atoms with Gasteiger partial charge in [-0.15, -0.1) is 0 Å². The minimum atomic E-state index is -0.596. The number of carbonyl (C=O) groups excluding carboxylic acids is 1.